The second-order valence-electron chi connectivity index (χ2n) is 7.27. The van der Waals surface area contributed by atoms with E-state index in [-0.39, 0.29) is 0 Å². The van der Waals surface area contributed by atoms with Crippen LogP contribution in [-0.2, 0) is 14.3 Å². The van der Waals surface area contributed by atoms with Gasteiger partial charge >= 0.3 is 12.1 Å². The lowest BCUT2D eigenvalue weighted by molar-refractivity contribution is -0.141. The molecule has 0 saturated heterocycles. The first-order valence-corrected chi connectivity index (χ1v) is 9.02. The normalized spacial score (nSPS) is 12.1. The van der Waals surface area contributed by atoms with Gasteiger partial charge in [-0.3, -0.25) is 4.90 Å². The maximum Gasteiger partial charge on any atom is 0.415 e. The predicted molar refractivity (Wildman–Crippen MR) is 109 cm³/mol. The van der Waals surface area contributed by atoms with Crippen LogP contribution in [0, 0.1) is 0 Å². The van der Waals surface area contributed by atoms with Crippen LogP contribution in [0.4, 0.5) is 10.5 Å². The number of benzene rings is 2. The number of amides is 1. The molecule has 1 amide bonds. The minimum Gasteiger partial charge on any atom is -0.496 e. The summed E-state index contributed by atoms with van der Waals surface area (Å²) in [7, 11) is 2.88. The monoisotopic (exact) mass is 385 g/mol. The predicted octanol–water partition coefficient (Wildman–Crippen LogP) is 4.67. The Morgan fingerprint density at radius 2 is 1.50 bits per heavy atom. The lowest BCUT2D eigenvalue weighted by Gasteiger charge is -2.32. The van der Waals surface area contributed by atoms with Crippen LogP contribution in [0.15, 0.2) is 48.5 Å². The summed E-state index contributed by atoms with van der Waals surface area (Å²) in [5.41, 5.74) is 1.34. The van der Waals surface area contributed by atoms with E-state index < -0.39 is 23.7 Å². The molecule has 0 saturated carbocycles. The molecule has 0 fully saturated rings. The van der Waals surface area contributed by atoms with E-state index in [1.165, 1.54) is 12.0 Å². The summed E-state index contributed by atoms with van der Waals surface area (Å²) in [6.07, 6.45) is -0.632. The van der Waals surface area contributed by atoms with Gasteiger partial charge in [-0.2, -0.15) is 0 Å². The fourth-order valence-electron chi connectivity index (χ4n) is 2.83. The van der Waals surface area contributed by atoms with Crippen molar-refractivity contribution >= 4 is 17.7 Å². The highest BCUT2D eigenvalue weighted by molar-refractivity contribution is 6.00. The molecule has 0 aliphatic heterocycles. The number of rotatable bonds is 5. The Morgan fingerprint density at radius 3 is 2.07 bits per heavy atom. The lowest BCUT2D eigenvalue weighted by Crippen LogP contribution is -2.46. The molecule has 0 aromatic heterocycles. The number of hydrogen-bond donors (Lipinski definition) is 0. The third kappa shape index (κ3) is 4.82. The Balaban J connectivity index is 2.64. The summed E-state index contributed by atoms with van der Waals surface area (Å²) >= 11 is 0. The van der Waals surface area contributed by atoms with E-state index in [4.69, 9.17) is 14.2 Å². The number of anilines is 1. The number of carbonyl (C=O) groups is 2. The topological polar surface area (TPSA) is 65.1 Å². The zero-order chi connectivity index (χ0) is 20.9. The highest BCUT2D eigenvalue weighted by Gasteiger charge is 2.33. The Labute approximate surface area is 166 Å². The minimum atomic E-state index is -0.879. The molecule has 0 spiro atoms. The number of hydrogen-bond acceptors (Lipinski definition) is 5. The van der Waals surface area contributed by atoms with Crippen molar-refractivity contribution in [2.45, 2.75) is 39.3 Å². The quantitative estimate of drug-likeness (QED) is 0.700. The van der Waals surface area contributed by atoms with E-state index in [0.29, 0.717) is 11.4 Å². The fourth-order valence-corrected chi connectivity index (χ4v) is 2.83. The number of carbonyl (C=O) groups excluding carboxylic acids is 2. The van der Waals surface area contributed by atoms with E-state index >= 15 is 0 Å². The molecule has 2 rings (SSSR count). The van der Waals surface area contributed by atoms with Crippen LogP contribution in [0.5, 0.6) is 5.75 Å². The standard InChI is InChI=1S/C22H27NO5/c1-15(20(24)27-6)23(21(25)28-22(2,3)4)18-13-9-7-11-16(18)17-12-8-10-14-19(17)26-5/h7-15H,1-6H3/t15-/m0/s1. The molecular weight excluding hydrogens is 358 g/mol. The van der Waals surface area contributed by atoms with E-state index in [0.717, 1.165) is 11.1 Å². The van der Waals surface area contributed by atoms with Gasteiger partial charge in [-0.05, 0) is 39.8 Å². The van der Waals surface area contributed by atoms with Gasteiger partial charge in [0.25, 0.3) is 0 Å². The molecular formula is C22H27NO5. The average molecular weight is 385 g/mol. The molecule has 6 nitrogen and oxygen atoms in total. The molecule has 2 aromatic rings. The number of ether oxygens (including phenoxy) is 3. The molecule has 0 unspecified atom stereocenters. The Hall–Kier alpha value is -3.02. The molecule has 28 heavy (non-hydrogen) atoms. The Bertz CT molecular complexity index is 841. The summed E-state index contributed by atoms with van der Waals surface area (Å²) in [6, 6.07) is 13.9. The van der Waals surface area contributed by atoms with Crippen molar-refractivity contribution in [2.75, 3.05) is 19.1 Å². The smallest absolute Gasteiger partial charge is 0.415 e. The van der Waals surface area contributed by atoms with Gasteiger partial charge in [-0.1, -0.05) is 36.4 Å². The number of nitrogens with zero attached hydrogens (tertiary/aromatic N) is 1. The Morgan fingerprint density at radius 1 is 0.929 bits per heavy atom. The van der Waals surface area contributed by atoms with Crippen molar-refractivity contribution in [2.24, 2.45) is 0 Å². The Kier molecular flexibility index (Phi) is 6.67. The highest BCUT2D eigenvalue weighted by atomic mass is 16.6. The number of methoxy groups -OCH3 is 2. The fraction of sp³-hybridized carbons (Fsp3) is 0.364. The first-order chi connectivity index (χ1) is 13.2. The van der Waals surface area contributed by atoms with Gasteiger partial charge < -0.3 is 14.2 Å². The third-order valence-corrected chi connectivity index (χ3v) is 4.08. The zero-order valence-electron chi connectivity index (χ0n) is 17.2. The van der Waals surface area contributed by atoms with Gasteiger partial charge in [0, 0.05) is 11.1 Å². The minimum absolute atomic E-state index is 0.527. The van der Waals surface area contributed by atoms with Crippen LogP contribution in [0.2, 0.25) is 0 Å². The molecule has 0 radical (unpaired) electrons. The summed E-state index contributed by atoms with van der Waals surface area (Å²) < 4.78 is 15.9. The van der Waals surface area contributed by atoms with Crippen LogP contribution in [-0.4, -0.2) is 37.9 Å². The van der Waals surface area contributed by atoms with E-state index in [1.807, 2.05) is 36.4 Å². The van der Waals surface area contributed by atoms with Crippen LogP contribution < -0.4 is 9.64 Å². The molecule has 0 bridgehead atoms. The van der Waals surface area contributed by atoms with Crippen molar-refractivity contribution in [1.29, 1.82) is 0 Å². The SMILES string of the molecule is COC(=O)[C@H](C)N(C(=O)OC(C)(C)C)c1ccccc1-c1ccccc1OC. The maximum atomic E-state index is 13.0. The number of esters is 1. The van der Waals surface area contributed by atoms with E-state index in [2.05, 4.69) is 0 Å². The van der Waals surface area contributed by atoms with Gasteiger partial charge in [0.2, 0.25) is 0 Å². The maximum absolute atomic E-state index is 13.0. The molecule has 1 atom stereocenters. The van der Waals surface area contributed by atoms with Crippen molar-refractivity contribution in [3.05, 3.63) is 48.5 Å². The number of para-hydroxylation sites is 2. The summed E-state index contributed by atoms with van der Waals surface area (Å²) in [5.74, 6) is 0.116. The van der Waals surface area contributed by atoms with Gasteiger partial charge in [0.05, 0.1) is 19.9 Å². The van der Waals surface area contributed by atoms with Crippen molar-refractivity contribution in [3.63, 3.8) is 0 Å². The van der Waals surface area contributed by atoms with Crippen LogP contribution in [0.25, 0.3) is 11.1 Å². The molecule has 0 aliphatic rings. The van der Waals surface area contributed by atoms with Crippen molar-refractivity contribution < 1.29 is 23.8 Å². The van der Waals surface area contributed by atoms with Gasteiger partial charge in [-0.25, -0.2) is 9.59 Å². The molecule has 2 aromatic carbocycles. The molecule has 0 N–H and O–H groups in total. The third-order valence-electron chi connectivity index (χ3n) is 4.08. The second-order valence-corrected chi connectivity index (χ2v) is 7.27. The highest BCUT2D eigenvalue weighted by Crippen LogP contribution is 2.38. The van der Waals surface area contributed by atoms with Crippen molar-refractivity contribution in [1.82, 2.24) is 0 Å². The molecule has 6 heteroatoms. The molecule has 0 heterocycles. The van der Waals surface area contributed by atoms with Crippen LogP contribution >= 0.6 is 0 Å². The molecule has 150 valence electrons. The van der Waals surface area contributed by atoms with Gasteiger partial charge in [-0.15, -0.1) is 0 Å². The molecule has 0 aliphatic carbocycles. The van der Waals surface area contributed by atoms with Gasteiger partial charge in [0.15, 0.2) is 0 Å². The van der Waals surface area contributed by atoms with Crippen LogP contribution in [0.1, 0.15) is 27.7 Å². The van der Waals surface area contributed by atoms with Crippen LogP contribution in [0.3, 0.4) is 0 Å². The summed E-state index contributed by atoms with van der Waals surface area (Å²) in [6.45, 7) is 6.93. The average Bonchev–Trinajstić information content (AvgIpc) is 2.66. The second kappa shape index (κ2) is 8.78. The largest absolute Gasteiger partial charge is 0.496 e. The summed E-state index contributed by atoms with van der Waals surface area (Å²) in [5, 5.41) is 0. The van der Waals surface area contributed by atoms with Gasteiger partial charge in [0.1, 0.15) is 17.4 Å². The zero-order valence-corrected chi connectivity index (χ0v) is 17.2. The first kappa shape index (κ1) is 21.3. The van der Waals surface area contributed by atoms with E-state index in [1.54, 1.807) is 46.9 Å². The van der Waals surface area contributed by atoms with Crippen molar-refractivity contribution in [3.8, 4) is 16.9 Å². The summed E-state index contributed by atoms with van der Waals surface area (Å²) in [4.78, 5) is 26.6. The first-order valence-electron chi connectivity index (χ1n) is 9.02. The van der Waals surface area contributed by atoms with E-state index in [9.17, 15) is 9.59 Å². The lowest BCUT2D eigenvalue weighted by atomic mass is 10.0.